The molecule has 3 fully saturated rings. The van der Waals surface area contributed by atoms with Crippen LogP contribution in [0.2, 0.25) is 0 Å². The zero-order valence-corrected chi connectivity index (χ0v) is 21.0. The summed E-state index contributed by atoms with van der Waals surface area (Å²) in [5.41, 5.74) is 4.03. The van der Waals surface area contributed by atoms with Crippen LogP contribution in [0.25, 0.3) is 21.3 Å². The maximum atomic E-state index is 6.46. The Balaban J connectivity index is 1.15. The van der Waals surface area contributed by atoms with Crippen molar-refractivity contribution in [3.63, 3.8) is 0 Å². The molecule has 182 valence electrons. The number of hydrogen-bond acceptors (Lipinski definition) is 7. The first-order chi connectivity index (χ1) is 17.0. The smallest absolute Gasteiger partial charge is 0.189 e. The first-order valence-electron chi connectivity index (χ1n) is 12.6. The molecule has 8 heteroatoms. The number of fused-ring (bicyclic) bond motifs is 3. The third kappa shape index (κ3) is 3.79. The van der Waals surface area contributed by atoms with Crippen LogP contribution in [-0.2, 0) is 16.0 Å². The summed E-state index contributed by atoms with van der Waals surface area (Å²) in [7, 11) is 0. The fraction of sp³-hybridized carbons (Fsp3) is 0.481. The second kappa shape index (κ2) is 8.18. The molecule has 0 radical (unpaired) electrons. The van der Waals surface area contributed by atoms with Crippen molar-refractivity contribution in [1.29, 1.82) is 0 Å². The Hall–Kier alpha value is -2.68. The van der Waals surface area contributed by atoms with E-state index >= 15 is 0 Å². The quantitative estimate of drug-likeness (QED) is 0.376. The van der Waals surface area contributed by atoms with Gasteiger partial charge in [-0.05, 0) is 56.5 Å². The Morgan fingerprint density at radius 3 is 2.83 bits per heavy atom. The van der Waals surface area contributed by atoms with E-state index in [9.17, 15) is 0 Å². The summed E-state index contributed by atoms with van der Waals surface area (Å²) < 4.78 is 21.0. The standard InChI is InChI=1S/C27H30N4O3S/c1-27(2)31(23-5-3-4-6-24(23)34-27)26-29-20-9-7-17(11-25(20)35-26)13-30-16-28-21-12-18(8-10-22(21)30)33-19-14-32-15-19/h7-12,16,19,23-24H,3-6,13-15H2,1-2H3/t23-,24-/m1/s1. The molecule has 0 spiro atoms. The van der Waals surface area contributed by atoms with Crippen molar-refractivity contribution in [3.05, 3.63) is 48.3 Å². The van der Waals surface area contributed by atoms with Gasteiger partial charge < -0.3 is 23.7 Å². The molecule has 2 aromatic heterocycles. The van der Waals surface area contributed by atoms with Crippen molar-refractivity contribution in [2.45, 2.75) is 70.1 Å². The van der Waals surface area contributed by atoms with E-state index in [1.165, 1.54) is 29.5 Å². The normalized spacial score (nSPS) is 24.1. The third-order valence-electron chi connectivity index (χ3n) is 7.52. The van der Waals surface area contributed by atoms with Crippen LogP contribution in [0.5, 0.6) is 5.75 Å². The van der Waals surface area contributed by atoms with Crippen LogP contribution < -0.4 is 9.64 Å². The first kappa shape index (κ1) is 21.6. The van der Waals surface area contributed by atoms with Crippen LogP contribution >= 0.6 is 11.3 Å². The van der Waals surface area contributed by atoms with Crippen LogP contribution in [0, 0.1) is 0 Å². The lowest BCUT2D eigenvalue weighted by Crippen LogP contribution is -2.45. The van der Waals surface area contributed by atoms with Crippen LogP contribution in [0.15, 0.2) is 42.7 Å². The Labute approximate surface area is 208 Å². The molecule has 2 atom stereocenters. The molecule has 3 aliphatic rings. The topological polar surface area (TPSA) is 61.6 Å². The van der Waals surface area contributed by atoms with Gasteiger partial charge in [0.05, 0.1) is 52.9 Å². The fourth-order valence-corrected chi connectivity index (χ4v) is 7.00. The molecule has 7 rings (SSSR count). The lowest BCUT2D eigenvalue weighted by molar-refractivity contribution is -0.0796. The summed E-state index contributed by atoms with van der Waals surface area (Å²) in [4.78, 5) is 12.1. The molecule has 0 N–H and O–H groups in total. The van der Waals surface area contributed by atoms with E-state index in [4.69, 9.17) is 19.2 Å². The minimum Gasteiger partial charge on any atom is -0.486 e. The highest BCUT2D eigenvalue weighted by Gasteiger charge is 2.49. The maximum absolute atomic E-state index is 6.46. The minimum atomic E-state index is -0.319. The number of aromatic nitrogens is 3. The predicted octanol–water partition coefficient (Wildman–Crippen LogP) is 5.36. The lowest BCUT2D eigenvalue weighted by atomic mass is 9.92. The second-order valence-corrected chi connectivity index (χ2v) is 11.4. The average Bonchev–Trinajstić information content (AvgIpc) is 3.47. The van der Waals surface area contributed by atoms with Crippen LogP contribution in [0.3, 0.4) is 0 Å². The highest BCUT2D eigenvalue weighted by Crippen LogP contribution is 2.44. The largest absolute Gasteiger partial charge is 0.486 e. The highest BCUT2D eigenvalue weighted by molar-refractivity contribution is 7.22. The Bertz CT molecular complexity index is 1390. The number of imidazole rings is 1. The molecule has 1 aliphatic carbocycles. The molecule has 2 aliphatic heterocycles. The number of benzene rings is 2. The zero-order valence-electron chi connectivity index (χ0n) is 20.1. The maximum Gasteiger partial charge on any atom is 0.189 e. The van der Waals surface area contributed by atoms with E-state index in [-0.39, 0.29) is 11.8 Å². The molecule has 35 heavy (non-hydrogen) atoms. The summed E-state index contributed by atoms with van der Waals surface area (Å²) in [6.07, 6.45) is 7.27. The van der Waals surface area contributed by atoms with Crippen molar-refractivity contribution >= 4 is 37.7 Å². The molecule has 2 aromatic carbocycles. The molecule has 4 heterocycles. The predicted molar refractivity (Wildman–Crippen MR) is 137 cm³/mol. The van der Waals surface area contributed by atoms with Gasteiger partial charge in [0.25, 0.3) is 0 Å². The van der Waals surface area contributed by atoms with Gasteiger partial charge in [-0.2, -0.15) is 0 Å². The van der Waals surface area contributed by atoms with Crippen LogP contribution in [-0.4, -0.2) is 51.7 Å². The summed E-state index contributed by atoms with van der Waals surface area (Å²) in [6.45, 7) is 6.46. The molecular formula is C27H30N4O3S. The third-order valence-corrected chi connectivity index (χ3v) is 8.54. The SMILES string of the molecule is CC1(C)O[C@@H]2CCCC[C@H]2N1c1nc2ccc(Cn3cnc4cc(OC5COC5)ccc43)cc2s1. The van der Waals surface area contributed by atoms with E-state index in [2.05, 4.69) is 52.6 Å². The van der Waals surface area contributed by atoms with Gasteiger partial charge >= 0.3 is 0 Å². The zero-order chi connectivity index (χ0) is 23.6. The van der Waals surface area contributed by atoms with E-state index in [0.29, 0.717) is 25.4 Å². The van der Waals surface area contributed by atoms with E-state index < -0.39 is 0 Å². The van der Waals surface area contributed by atoms with Gasteiger partial charge in [0.1, 0.15) is 17.6 Å². The molecule has 0 amide bonds. The van der Waals surface area contributed by atoms with Gasteiger partial charge in [0.15, 0.2) is 5.13 Å². The molecule has 1 saturated carbocycles. The number of nitrogens with zero attached hydrogens (tertiary/aromatic N) is 4. The van der Waals surface area contributed by atoms with Gasteiger partial charge in [-0.25, -0.2) is 9.97 Å². The number of thiazole rings is 1. The van der Waals surface area contributed by atoms with Crippen molar-refractivity contribution in [1.82, 2.24) is 14.5 Å². The van der Waals surface area contributed by atoms with Crippen molar-refractivity contribution in [2.24, 2.45) is 0 Å². The average molecular weight is 491 g/mol. The van der Waals surface area contributed by atoms with Gasteiger partial charge in [-0.1, -0.05) is 30.2 Å². The number of anilines is 1. The summed E-state index contributed by atoms with van der Waals surface area (Å²) in [5.74, 6) is 0.851. The molecule has 0 unspecified atom stereocenters. The molecule has 4 aromatic rings. The number of rotatable bonds is 5. The van der Waals surface area contributed by atoms with Gasteiger partial charge in [0.2, 0.25) is 0 Å². The minimum absolute atomic E-state index is 0.159. The monoisotopic (exact) mass is 490 g/mol. The summed E-state index contributed by atoms with van der Waals surface area (Å²) in [6, 6.07) is 13.2. The molecule has 2 saturated heterocycles. The number of ether oxygens (including phenoxy) is 3. The van der Waals surface area contributed by atoms with Crippen LogP contribution in [0.1, 0.15) is 45.1 Å². The van der Waals surface area contributed by atoms with Gasteiger partial charge in [0, 0.05) is 12.6 Å². The van der Waals surface area contributed by atoms with Gasteiger partial charge in [-0.15, -0.1) is 0 Å². The highest BCUT2D eigenvalue weighted by atomic mass is 32.1. The Morgan fingerprint density at radius 2 is 1.97 bits per heavy atom. The van der Waals surface area contributed by atoms with Crippen LogP contribution in [0.4, 0.5) is 5.13 Å². The van der Waals surface area contributed by atoms with Crippen molar-refractivity contribution in [3.8, 4) is 5.75 Å². The number of hydrogen-bond donors (Lipinski definition) is 0. The fourth-order valence-electron chi connectivity index (χ4n) is 5.78. The Kier molecular flexibility index (Phi) is 5.05. The molecular weight excluding hydrogens is 460 g/mol. The summed E-state index contributed by atoms with van der Waals surface area (Å²) >= 11 is 1.78. The summed E-state index contributed by atoms with van der Waals surface area (Å²) in [5, 5.41) is 1.08. The van der Waals surface area contributed by atoms with E-state index in [1.807, 2.05) is 18.5 Å². The second-order valence-electron chi connectivity index (χ2n) is 10.4. The van der Waals surface area contributed by atoms with E-state index in [0.717, 1.165) is 40.4 Å². The van der Waals surface area contributed by atoms with Gasteiger partial charge in [-0.3, -0.25) is 0 Å². The molecule has 0 bridgehead atoms. The van der Waals surface area contributed by atoms with Crippen molar-refractivity contribution in [2.75, 3.05) is 18.1 Å². The molecule has 7 nitrogen and oxygen atoms in total. The first-order valence-corrected chi connectivity index (χ1v) is 13.4. The lowest BCUT2D eigenvalue weighted by Gasteiger charge is -2.34. The Morgan fingerprint density at radius 1 is 1.09 bits per heavy atom. The van der Waals surface area contributed by atoms with E-state index in [1.54, 1.807) is 11.3 Å². The van der Waals surface area contributed by atoms with Crippen molar-refractivity contribution < 1.29 is 14.2 Å².